The summed E-state index contributed by atoms with van der Waals surface area (Å²) < 4.78 is 0. The third kappa shape index (κ3) is 22.2. The van der Waals surface area contributed by atoms with E-state index >= 15 is 0 Å². The molecule has 0 spiro atoms. The van der Waals surface area contributed by atoms with Crippen molar-refractivity contribution in [3.8, 4) is 0 Å². The zero-order valence-corrected chi connectivity index (χ0v) is 21.2. The molecule has 180 valence electrons. The monoisotopic (exact) mass is 424 g/mol. The maximum Gasteiger partial charge on any atom is 0.306 e. The average molecular weight is 425 g/mol. The summed E-state index contributed by atoms with van der Waals surface area (Å²) in [5.41, 5.74) is 0. The second-order valence-corrected chi connectivity index (χ2v) is 10.6. The highest BCUT2D eigenvalue weighted by molar-refractivity contribution is 5.69. The predicted octanol–water partition coefficient (Wildman–Crippen LogP) is 9.80. The maximum atomic E-state index is 11.5. The van der Waals surface area contributed by atoms with Gasteiger partial charge in [0.2, 0.25) is 0 Å². The van der Waals surface area contributed by atoms with Gasteiger partial charge < -0.3 is 5.11 Å². The van der Waals surface area contributed by atoms with Crippen LogP contribution >= 0.6 is 0 Å². The molecule has 0 unspecified atom stereocenters. The first-order chi connectivity index (χ1) is 14.4. The van der Waals surface area contributed by atoms with Crippen molar-refractivity contribution in [2.24, 2.45) is 17.8 Å². The number of hydrogen-bond donors (Lipinski definition) is 1. The van der Waals surface area contributed by atoms with Crippen LogP contribution in [0.2, 0.25) is 0 Å². The molecule has 2 heteroatoms. The molecule has 0 aromatic rings. The molecule has 0 aliphatic heterocycles. The van der Waals surface area contributed by atoms with Crippen LogP contribution in [0.5, 0.6) is 0 Å². The Morgan fingerprint density at radius 2 is 0.700 bits per heavy atom. The molecular formula is C28H56O2. The molecule has 0 rings (SSSR count). The molecule has 0 saturated heterocycles. The highest BCUT2D eigenvalue weighted by Crippen LogP contribution is 2.20. The Hall–Kier alpha value is -0.530. The zero-order chi connectivity index (χ0) is 22.5. The Morgan fingerprint density at radius 1 is 0.467 bits per heavy atom. The first kappa shape index (κ1) is 29.5. The Labute approximate surface area is 190 Å². The van der Waals surface area contributed by atoms with Crippen LogP contribution in [0.3, 0.4) is 0 Å². The van der Waals surface area contributed by atoms with Crippen LogP contribution in [-0.4, -0.2) is 11.1 Å². The topological polar surface area (TPSA) is 37.3 Å². The second kappa shape index (κ2) is 21.7. The highest BCUT2D eigenvalue weighted by atomic mass is 16.4. The number of carboxylic acids is 1. The number of unbranched alkanes of at least 4 members (excludes halogenated alkanes) is 14. The fraction of sp³-hybridized carbons (Fsp3) is 0.964. The van der Waals surface area contributed by atoms with Crippen molar-refractivity contribution in [3.05, 3.63) is 0 Å². The van der Waals surface area contributed by atoms with Crippen molar-refractivity contribution in [1.82, 2.24) is 0 Å². The average Bonchev–Trinajstić information content (AvgIpc) is 2.68. The van der Waals surface area contributed by atoms with Gasteiger partial charge in [0, 0.05) is 0 Å². The molecule has 0 saturated carbocycles. The van der Waals surface area contributed by atoms with Crippen LogP contribution in [0.4, 0.5) is 0 Å². The predicted molar refractivity (Wildman–Crippen MR) is 133 cm³/mol. The van der Waals surface area contributed by atoms with Gasteiger partial charge in [-0.05, 0) is 24.7 Å². The minimum Gasteiger partial charge on any atom is -0.481 e. The van der Waals surface area contributed by atoms with E-state index in [1.165, 1.54) is 103 Å². The van der Waals surface area contributed by atoms with Gasteiger partial charge in [-0.25, -0.2) is 0 Å². The SMILES string of the molecule is CC(C)CCCCCCCCCCC(CCCCCCCCCCC(C)C)C(=O)O. The largest absolute Gasteiger partial charge is 0.481 e. The van der Waals surface area contributed by atoms with Crippen LogP contribution in [0.25, 0.3) is 0 Å². The number of rotatable bonds is 23. The third-order valence-electron chi connectivity index (χ3n) is 6.52. The van der Waals surface area contributed by atoms with Gasteiger partial charge in [0.05, 0.1) is 5.92 Å². The smallest absolute Gasteiger partial charge is 0.306 e. The lowest BCUT2D eigenvalue weighted by Crippen LogP contribution is -2.13. The summed E-state index contributed by atoms with van der Waals surface area (Å²) in [6.07, 6.45) is 25.4. The van der Waals surface area contributed by atoms with Gasteiger partial charge in [0.25, 0.3) is 0 Å². The molecule has 0 aliphatic carbocycles. The number of carbonyl (C=O) groups is 1. The summed E-state index contributed by atoms with van der Waals surface area (Å²) in [6.45, 7) is 9.23. The molecule has 0 radical (unpaired) electrons. The Balaban J connectivity index is 3.47. The van der Waals surface area contributed by atoms with Crippen LogP contribution in [0.15, 0.2) is 0 Å². The summed E-state index contributed by atoms with van der Waals surface area (Å²) in [4.78, 5) is 11.5. The quantitative estimate of drug-likeness (QED) is 0.166. The van der Waals surface area contributed by atoms with Gasteiger partial charge in [0.1, 0.15) is 0 Å². The van der Waals surface area contributed by atoms with E-state index in [0.717, 1.165) is 37.5 Å². The highest BCUT2D eigenvalue weighted by Gasteiger charge is 2.16. The Bertz CT molecular complexity index is 334. The number of aliphatic carboxylic acids is 1. The van der Waals surface area contributed by atoms with Crippen LogP contribution in [0.1, 0.15) is 156 Å². The Morgan fingerprint density at radius 3 is 0.933 bits per heavy atom. The maximum absolute atomic E-state index is 11.5. The van der Waals surface area contributed by atoms with Gasteiger partial charge in [-0.15, -0.1) is 0 Å². The van der Waals surface area contributed by atoms with Gasteiger partial charge in [0.15, 0.2) is 0 Å². The van der Waals surface area contributed by atoms with Gasteiger partial charge in [-0.1, -0.05) is 143 Å². The van der Waals surface area contributed by atoms with Crippen molar-refractivity contribution in [2.75, 3.05) is 0 Å². The lowest BCUT2D eigenvalue weighted by molar-refractivity contribution is -0.142. The Kier molecular flexibility index (Phi) is 21.3. The second-order valence-electron chi connectivity index (χ2n) is 10.6. The fourth-order valence-electron chi connectivity index (χ4n) is 4.40. The standard InChI is InChI=1S/C28H56O2/c1-25(2)21-17-13-9-5-7-11-15-19-23-27(28(29)30)24-20-16-12-8-6-10-14-18-22-26(3)4/h25-27H,5-24H2,1-4H3,(H,29,30). The van der Waals surface area contributed by atoms with E-state index in [1.807, 2.05) is 0 Å². The summed E-state index contributed by atoms with van der Waals surface area (Å²) >= 11 is 0. The van der Waals surface area contributed by atoms with E-state index in [9.17, 15) is 9.90 Å². The van der Waals surface area contributed by atoms with Crippen molar-refractivity contribution >= 4 is 5.97 Å². The van der Waals surface area contributed by atoms with E-state index in [2.05, 4.69) is 27.7 Å². The lowest BCUT2D eigenvalue weighted by Gasteiger charge is -2.12. The molecule has 0 amide bonds. The molecule has 0 aromatic carbocycles. The van der Waals surface area contributed by atoms with E-state index in [-0.39, 0.29) is 5.92 Å². The summed E-state index contributed by atoms with van der Waals surface area (Å²) in [7, 11) is 0. The van der Waals surface area contributed by atoms with Crippen molar-refractivity contribution in [3.63, 3.8) is 0 Å². The molecule has 0 atom stereocenters. The molecule has 0 heterocycles. The molecule has 0 bridgehead atoms. The van der Waals surface area contributed by atoms with Crippen LogP contribution < -0.4 is 0 Å². The minimum atomic E-state index is -0.565. The molecule has 0 aliphatic rings. The van der Waals surface area contributed by atoms with E-state index in [1.54, 1.807) is 0 Å². The van der Waals surface area contributed by atoms with Crippen LogP contribution in [0, 0.1) is 17.8 Å². The normalized spacial score (nSPS) is 11.8. The molecule has 0 aromatic heterocycles. The number of hydrogen-bond acceptors (Lipinski definition) is 1. The molecule has 1 N–H and O–H groups in total. The molecular weight excluding hydrogens is 368 g/mol. The van der Waals surface area contributed by atoms with Crippen molar-refractivity contribution in [2.45, 2.75) is 156 Å². The summed E-state index contributed by atoms with van der Waals surface area (Å²) in [5.74, 6) is 1.02. The van der Waals surface area contributed by atoms with Crippen molar-refractivity contribution < 1.29 is 9.90 Å². The first-order valence-corrected chi connectivity index (χ1v) is 13.7. The molecule has 30 heavy (non-hydrogen) atoms. The molecule has 0 fully saturated rings. The van der Waals surface area contributed by atoms with E-state index in [4.69, 9.17) is 0 Å². The summed E-state index contributed by atoms with van der Waals surface area (Å²) in [6, 6.07) is 0. The van der Waals surface area contributed by atoms with Crippen LogP contribution in [-0.2, 0) is 4.79 Å². The van der Waals surface area contributed by atoms with Gasteiger partial charge >= 0.3 is 5.97 Å². The third-order valence-corrected chi connectivity index (χ3v) is 6.52. The summed E-state index contributed by atoms with van der Waals surface area (Å²) in [5, 5.41) is 9.50. The molecule has 2 nitrogen and oxygen atoms in total. The van der Waals surface area contributed by atoms with Crippen molar-refractivity contribution in [1.29, 1.82) is 0 Å². The minimum absolute atomic E-state index is 0.0999. The zero-order valence-electron chi connectivity index (χ0n) is 21.2. The fourth-order valence-corrected chi connectivity index (χ4v) is 4.40. The van der Waals surface area contributed by atoms with E-state index in [0.29, 0.717) is 0 Å². The number of carboxylic acid groups (broad SMARTS) is 1. The van der Waals surface area contributed by atoms with Gasteiger partial charge in [-0.2, -0.15) is 0 Å². The van der Waals surface area contributed by atoms with E-state index < -0.39 is 5.97 Å². The van der Waals surface area contributed by atoms with Gasteiger partial charge in [-0.3, -0.25) is 4.79 Å². The first-order valence-electron chi connectivity index (χ1n) is 13.7. The lowest BCUT2D eigenvalue weighted by atomic mass is 9.94.